The summed E-state index contributed by atoms with van der Waals surface area (Å²) in [5.41, 5.74) is 4.93. The number of ether oxygens (including phenoxy) is 1. The Balaban J connectivity index is 1.46. The summed E-state index contributed by atoms with van der Waals surface area (Å²) in [4.78, 5) is 26.0. The minimum absolute atomic E-state index is 0.186. The summed E-state index contributed by atoms with van der Waals surface area (Å²) < 4.78 is 5.34. The smallest absolute Gasteiger partial charge is 0.326 e. The third kappa shape index (κ3) is 5.12. The fourth-order valence-electron chi connectivity index (χ4n) is 4.30. The molecule has 0 fully saturated rings. The molecule has 0 unspecified atom stereocenters. The van der Waals surface area contributed by atoms with Crippen molar-refractivity contribution in [1.29, 1.82) is 0 Å². The number of carbonyl (C=O) groups is 2. The highest BCUT2D eigenvalue weighted by Crippen LogP contribution is 2.32. The van der Waals surface area contributed by atoms with Gasteiger partial charge in [0.15, 0.2) is 5.11 Å². The number of hydrogen-bond donors (Lipinski definition) is 3. The summed E-state index contributed by atoms with van der Waals surface area (Å²) in [6.45, 7) is 3.92. The van der Waals surface area contributed by atoms with Crippen molar-refractivity contribution < 1.29 is 19.4 Å². The van der Waals surface area contributed by atoms with Crippen LogP contribution in [-0.4, -0.2) is 40.1 Å². The van der Waals surface area contributed by atoms with E-state index in [4.69, 9.17) is 17.0 Å². The van der Waals surface area contributed by atoms with Crippen molar-refractivity contribution >= 4 is 40.6 Å². The number of fused-ring (bicyclic) bond motifs is 1. The molecule has 1 atom stereocenters. The van der Waals surface area contributed by atoms with E-state index in [1.165, 1.54) is 4.90 Å². The van der Waals surface area contributed by atoms with E-state index in [1.54, 1.807) is 13.2 Å². The van der Waals surface area contributed by atoms with Crippen molar-refractivity contribution in [2.24, 2.45) is 5.92 Å². The largest absolute Gasteiger partial charge is 0.495 e. The number of carboxylic acid groups (broad SMARTS) is 1. The predicted octanol–water partition coefficient (Wildman–Crippen LogP) is 5.24. The third-order valence-electron chi connectivity index (χ3n) is 5.99. The topological polar surface area (TPSA) is 90.9 Å². The standard InChI is InChI=1S/C27H27N3O4S/c1-16(2)24(26(32)33)30-15-19-14-18(10-13-21(19)25(30)31)17-8-11-20(12-9-17)28-27(35)29-22-6-4-5-7-23(22)34-3/h4-14,16,24H,15H2,1-3H3,(H,32,33)(H2,28,29,35)/t24-/m0/s1. The maximum absolute atomic E-state index is 12.8. The second kappa shape index (κ2) is 10.1. The summed E-state index contributed by atoms with van der Waals surface area (Å²) in [7, 11) is 1.61. The van der Waals surface area contributed by atoms with Crippen molar-refractivity contribution in [3.8, 4) is 16.9 Å². The van der Waals surface area contributed by atoms with Gasteiger partial charge in [-0.05, 0) is 71.2 Å². The Morgan fingerprint density at radius 2 is 1.71 bits per heavy atom. The van der Waals surface area contributed by atoms with Crippen LogP contribution in [0.25, 0.3) is 11.1 Å². The summed E-state index contributed by atoms with van der Waals surface area (Å²) in [6.07, 6.45) is 0. The highest BCUT2D eigenvalue weighted by Gasteiger charge is 2.38. The van der Waals surface area contributed by atoms with Gasteiger partial charge in [0.25, 0.3) is 5.91 Å². The molecular formula is C27H27N3O4S. The van der Waals surface area contributed by atoms with Gasteiger partial charge in [0, 0.05) is 17.8 Å². The first-order valence-electron chi connectivity index (χ1n) is 11.3. The molecule has 1 heterocycles. The van der Waals surface area contributed by atoms with Crippen LogP contribution in [0.3, 0.4) is 0 Å². The van der Waals surface area contributed by atoms with Crippen molar-refractivity contribution in [3.63, 3.8) is 0 Å². The van der Waals surface area contributed by atoms with Gasteiger partial charge >= 0.3 is 5.97 Å². The predicted molar refractivity (Wildman–Crippen MR) is 141 cm³/mol. The number of benzene rings is 3. The van der Waals surface area contributed by atoms with Crippen LogP contribution in [0.15, 0.2) is 66.7 Å². The molecule has 7 nitrogen and oxygen atoms in total. The molecule has 1 aliphatic rings. The number of nitrogens with zero attached hydrogens (tertiary/aromatic N) is 1. The van der Waals surface area contributed by atoms with E-state index < -0.39 is 12.0 Å². The van der Waals surface area contributed by atoms with Crippen LogP contribution in [-0.2, 0) is 11.3 Å². The number of nitrogens with one attached hydrogen (secondary N) is 2. The zero-order chi connectivity index (χ0) is 25.1. The number of rotatable bonds is 7. The van der Waals surface area contributed by atoms with E-state index in [1.807, 2.05) is 74.5 Å². The lowest BCUT2D eigenvalue weighted by atomic mass is 10.0. The lowest BCUT2D eigenvalue weighted by Gasteiger charge is -2.27. The first-order valence-corrected chi connectivity index (χ1v) is 11.7. The normalized spacial score (nSPS) is 13.4. The van der Waals surface area contributed by atoms with Crippen LogP contribution in [0.4, 0.5) is 11.4 Å². The Labute approximate surface area is 209 Å². The molecule has 35 heavy (non-hydrogen) atoms. The Bertz CT molecular complexity index is 1270. The Morgan fingerprint density at radius 3 is 2.37 bits per heavy atom. The van der Waals surface area contributed by atoms with Gasteiger partial charge in [-0.25, -0.2) is 4.79 Å². The van der Waals surface area contributed by atoms with Gasteiger partial charge in [0.1, 0.15) is 11.8 Å². The minimum Gasteiger partial charge on any atom is -0.495 e. The molecule has 1 amide bonds. The number of carboxylic acids is 1. The highest BCUT2D eigenvalue weighted by molar-refractivity contribution is 7.80. The number of anilines is 2. The number of amides is 1. The van der Waals surface area contributed by atoms with Crippen LogP contribution in [0.5, 0.6) is 5.75 Å². The molecule has 4 rings (SSSR count). The fourth-order valence-corrected chi connectivity index (χ4v) is 4.53. The van der Waals surface area contributed by atoms with E-state index in [9.17, 15) is 14.7 Å². The summed E-state index contributed by atoms with van der Waals surface area (Å²) in [5.74, 6) is -0.705. The van der Waals surface area contributed by atoms with Gasteiger partial charge < -0.3 is 25.4 Å². The maximum atomic E-state index is 12.8. The van der Waals surface area contributed by atoms with Gasteiger partial charge in [-0.1, -0.05) is 44.2 Å². The summed E-state index contributed by atoms with van der Waals surface area (Å²) in [5, 5.41) is 16.4. The minimum atomic E-state index is -0.984. The van der Waals surface area contributed by atoms with E-state index in [0.29, 0.717) is 23.0 Å². The molecule has 0 saturated carbocycles. The maximum Gasteiger partial charge on any atom is 0.326 e. The second-order valence-corrected chi connectivity index (χ2v) is 9.10. The van der Waals surface area contributed by atoms with Gasteiger partial charge in [-0.2, -0.15) is 0 Å². The van der Waals surface area contributed by atoms with E-state index in [0.717, 1.165) is 28.1 Å². The lowest BCUT2D eigenvalue weighted by molar-refractivity contribution is -0.144. The SMILES string of the molecule is COc1ccccc1NC(=S)Nc1ccc(-c2ccc3c(c2)CN([C@H](C(=O)O)C(C)C)C3=O)cc1. The molecule has 8 heteroatoms. The molecule has 3 N–H and O–H groups in total. The zero-order valence-corrected chi connectivity index (χ0v) is 20.6. The van der Waals surface area contributed by atoms with Crippen molar-refractivity contribution in [2.45, 2.75) is 26.4 Å². The first kappa shape index (κ1) is 24.2. The van der Waals surface area contributed by atoms with E-state index in [2.05, 4.69) is 10.6 Å². The summed E-state index contributed by atoms with van der Waals surface area (Å²) >= 11 is 5.43. The molecule has 0 bridgehead atoms. The molecule has 0 saturated heterocycles. The van der Waals surface area contributed by atoms with Crippen molar-refractivity contribution in [2.75, 3.05) is 17.7 Å². The molecule has 3 aromatic rings. The second-order valence-electron chi connectivity index (χ2n) is 8.69. The summed E-state index contributed by atoms with van der Waals surface area (Å²) in [6, 6.07) is 20.1. The van der Waals surface area contributed by atoms with Crippen molar-refractivity contribution in [1.82, 2.24) is 4.90 Å². The van der Waals surface area contributed by atoms with Crippen LogP contribution < -0.4 is 15.4 Å². The zero-order valence-electron chi connectivity index (χ0n) is 19.7. The Morgan fingerprint density at radius 1 is 1.03 bits per heavy atom. The molecule has 1 aliphatic heterocycles. The molecule has 0 radical (unpaired) electrons. The van der Waals surface area contributed by atoms with Gasteiger partial charge in [-0.3, -0.25) is 4.79 Å². The lowest BCUT2D eigenvalue weighted by Crippen LogP contribution is -2.44. The molecule has 0 spiro atoms. The molecular weight excluding hydrogens is 462 g/mol. The average Bonchev–Trinajstić information content (AvgIpc) is 3.14. The number of thiocarbonyl (C=S) groups is 1. The van der Waals surface area contributed by atoms with Crippen LogP contribution in [0, 0.1) is 5.92 Å². The number of methoxy groups -OCH3 is 1. The molecule has 180 valence electrons. The number of para-hydroxylation sites is 2. The van der Waals surface area contributed by atoms with Crippen LogP contribution >= 0.6 is 12.2 Å². The molecule has 3 aromatic carbocycles. The monoisotopic (exact) mass is 489 g/mol. The fraction of sp³-hybridized carbons (Fsp3) is 0.222. The van der Waals surface area contributed by atoms with Crippen molar-refractivity contribution in [3.05, 3.63) is 77.9 Å². The first-order chi connectivity index (χ1) is 16.8. The third-order valence-corrected chi connectivity index (χ3v) is 6.19. The Hall–Kier alpha value is -3.91. The van der Waals surface area contributed by atoms with Gasteiger partial charge in [0.05, 0.1) is 12.8 Å². The highest BCUT2D eigenvalue weighted by atomic mass is 32.1. The number of hydrogen-bond acceptors (Lipinski definition) is 4. The average molecular weight is 490 g/mol. The van der Waals surface area contributed by atoms with Gasteiger partial charge in [-0.15, -0.1) is 0 Å². The van der Waals surface area contributed by atoms with Crippen LogP contribution in [0.1, 0.15) is 29.8 Å². The van der Waals surface area contributed by atoms with Gasteiger partial charge in [0.2, 0.25) is 0 Å². The van der Waals surface area contributed by atoms with E-state index in [-0.39, 0.29) is 11.8 Å². The molecule has 0 aliphatic carbocycles. The van der Waals surface area contributed by atoms with E-state index >= 15 is 0 Å². The van der Waals surface area contributed by atoms with Crippen LogP contribution in [0.2, 0.25) is 0 Å². The number of aliphatic carboxylic acids is 1. The number of carbonyl (C=O) groups excluding carboxylic acids is 1. The quantitative estimate of drug-likeness (QED) is 0.391. The molecule has 0 aromatic heterocycles. The Kier molecular flexibility index (Phi) is 7.02.